The minimum Gasteiger partial charge on any atom is -0.456 e. The van der Waals surface area contributed by atoms with Crippen LogP contribution >= 0.6 is 11.6 Å². The van der Waals surface area contributed by atoms with Gasteiger partial charge in [-0.1, -0.05) is 35.9 Å². The number of benzene rings is 2. The number of aliphatic hydroxyl groups excluding tert-OH is 1. The molecule has 38 heavy (non-hydrogen) atoms. The summed E-state index contributed by atoms with van der Waals surface area (Å²) in [5, 5.41) is 10.3. The highest BCUT2D eigenvalue weighted by Crippen LogP contribution is 2.34. The average Bonchev–Trinajstić information content (AvgIpc) is 3.54. The monoisotopic (exact) mass is 558 g/mol. The lowest BCUT2D eigenvalue weighted by atomic mass is 10.0. The molecule has 12 heteroatoms. The van der Waals surface area contributed by atoms with Crippen molar-refractivity contribution < 1.29 is 27.9 Å². The van der Waals surface area contributed by atoms with Gasteiger partial charge in [-0.15, -0.1) is 0 Å². The Bertz CT molecular complexity index is 1650. The quantitative estimate of drug-likeness (QED) is 0.374. The molecule has 2 aromatic heterocycles. The third-order valence-corrected chi connectivity index (χ3v) is 7.34. The molecule has 2 fully saturated rings. The summed E-state index contributed by atoms with van der Waals surface area (Å²) in [4.78, 5) is 12.1. The third-order valence-electron chi connectivity index (χ3n) is 6.40. The van der Waals surface area contributed by atoms with Gasteiger partial charge in [0.05, 0.1) is 35.1 Å². The van der Waals surface area contributed by atoms with Crippen LogP contribution in [0.1, 0.15) is 0 Å². The Hall–Kier alpha value is -3.09. The SMILES string of the molecule is CS(C)(=O)=Nc1ccc(-c2ccc(-c3nc4nc(O[C@@H]5CO[C@H]6[C@@H]5OC[C@H]6O)[nH]c4cc3Cl)cc2)c(F)c1. The van der Waals surface area contributed by atoms with E-state index in [0.717, 1.165) is 5.56 Å². The van der Waals surface area contributed by atoms with Crippen LogP contribution in [0, 0.1) is 5.82 Å². The number of pyridine rings is 1. The lowest BCUT2D eigenvalue weighted by Gasteiger charge is -2.15. The van der Waals surface area contributed by atoms with E-state index in [2.05, 4.69) is 19.3 Å². The van der Waals surface area contributed by atoms with Gasteiger partial charge in [-0.25, -0.2) is 13.6 Å². The molecule has 0 radical (unpaired) electrons. The van der Waals surface area contributed by atoms with Crippen LogP contribution in [-0.2, 0) is 19.2 Å². The Morgan fingerprint density at radius 3 is 2.55 bits per heavy atom. The topological polar surface area (TPSA) is 119 Å². The largest absolute Gasteiger partial charge is 0.456 e. The number of hydrogen-bond donors (Lipinski definition) is 2. The highest BCUT2D eigenvalue weighted by molar-refractivity contribution is 7.92. The maximum atomic E-state index is 14.8. The summed E-state index contributed by atoms with van der Waals surface area (Å²) < 4.78 is 47.9. The Morgan fingerprint density at radius 2 is 1.82 bits per heavy atom. The van der Waals surface area contributed by atoms with Crippen molar-refractivity contribution in [3.8, 4) is 28.4 Å². The first-order chi connectivity index (χ1) is 18.1. The van der Waals surface area contributed by atoms with Crippen molar-refractivity contribution in [1.29, 1.82) is 0 Å². The molecule has 2 saturated heterocycles. The molecule has 2 aliphatic rings. The maximum absolute atomic E-state index is 14.8. The first kappa shape index (κ1) is 25.2. The van der Waals surface area contributed by atoms with Gasteiger partial charge in [-0.05, 0) is 23.8 Å². The summed E-state index contributed by atoms with van der Waals surface area (Å²) in [6.07, 6.45) is 1.17. The minimum absolute atomic E-state index is 0.211. The molecule has 6 rings (SSSR count). The van der Waals surface area contributed by atoms with Crippen LogP contribution in [0.3, 0.4) is 0 Å². The van der Waals surface area contributed by atoms with Gasteiger partial charge in [0.1, 0.15) is 24.1 Å². The smallest absolute Gasteiger partial charge is 0.296 e. The van der Waals surface area contributed by atoms with Crippen molar-refractivity contribution in [3.05, 3.63) is 59.4 Å². The molecule has 0 unspecified atom stereocenters. The zero-order chi connectivity index (χ0) is 26.6. The first-order valence-corrected chi connectivity index (χ1v) is 14.6. The van der Waals surface area contributed by atoms with Crippen molar-refractivity contribution in [2.75, 3.05) is 25.7 Å². The molecule has 2 N–H and O–H groups in total. The molecule has 9 nitrogen and oxygen atoms in total. The van der Waals surface area contributed by atoms with Crippen LogP contribution in [-0.4, -0.2) is 74.4 Å². The fourth-order valence-corrected chi connectivity index (χ4v) is 5.58. The van der Waals surface area contributed by atoms with Gasteiger partial charge in [0, 0.05) is 39.4 Å². The van der Waals surface area contributed by atoms with Crippen molar-refractivity contribution in [2.24, 2.45) is 4.36 Å². The predicted molar refractivity (Wildman–Crippen MR) is 142 cm³/mol. The number of aliphatic hydroxyl groups is 1. The van der Waals surface area contributed by atoms with E-state index in [4.69, 9.17) is 25.8 Å². The lowest BCUT2D eigenvalue weighted by molar-refractivity contribution is 0.00706. The molecule has 2 aromatic carbocycles. The number of nitrogens with zero attached hydrogens (tertiary/aromatic N) is 3. The fourth-order valence-electron chi connectivity index (χ4n) is 4.70. The Morgan fingerprint density at radius 1 is 1.08 bits per heavy atom. The molecule has 2 aliphatic heterocycles. The van der Waals surface area contributed by atoms with Crippen molar-refractivity contribution >= 4 is 38.2 Å². The van der Waals surface area contributed by atoms with Gasteiger partial charge in [0.2, 0.25) is 0 Å². The Labute approximate surface area is 223 Å². The van der Waals surface area contributed by atoms with Crippen LogP contribution in [0.5, 0.6) is 6.01 Å². The molecule has 0 bridgehead atoms. The van der Waals surface area contributed by atoms with Gasteiger partial charge < -0.3 is 24.3 Å². The molecule has 0 amide bonds. The van der Waals surface area contributed by atoms with Crippen molar-refractivity contribution in [3.63, 3.8) is 0 Å². The molecule has 0 aliphatic carbocycles. The standard InChI is InChI=1S/C26H24ClFN4O5S/c1-38(2,34)32-15-7-8-16(18(28)9-15)13-3-5-14(6-4-13)22-17(27)10-19-25(30-22)31-26(29-19)37-21-12-36-23-20(33)11-35-24(21)23/h3-10,20-21,23-24,33H,11-12H2,1-2H3,(H,29,30,31)/t20-,21-,23-,24-/m1/s1. The van der Waals surface area contributed by atoms with Gasteiger partial charge in [-0.3, -0.25) is 0 Å². The number of rotatable bonds is 5. The van der Waals surface area contributed by atoms with E-state index in [1.165, 1.54) is 18.6 Å². The van der Waals surface area contributed by atoms with Crippen LogP contribution in [0.25, 0.3) is 33.5 Å². The van der Waals surface area contributed by atoms with E-state index < -0.39 is 33.9 Å². The molecule has 4 heterocycles. The van der Waals surface area contributed by atoms with E-state index in [1.54, 1.807) is 42.5 Å². The number of H-pyrrole nitrogens is 1. The average molecular weight is 559 g/mol. The van der Waals surface area contributed by atoms with Crippen molar-refractivity contribution in [2.45, 2.75) is 24.4 Å². The summed E-state index contributed by atoms with van der Waals surface area (Å²) in [6, 6.07) is 13.7. The number of imidazole rings is 1. The van der Waals surface area contributed by atoms with Crippen LogP contribution < -0.4 is 4.74 Å². The maximum Gasteiger partial charge on any atom is 0.296 e. The number of fused-ring (bicyclic) bond motifs is 2. The summed E-state index contributed by atoms with van der Waals surface area (Å²) >= 11 is 6.55. The number of hydrogen-bond acceptors (Lipinski definition) is 8. The Balaban J connectivity index is 1.24. The highest BCUT2D eigenvalue weighted by atomic mass is 35.5. The van der Waals surface area contributed by atoms with E-state index in [9.17, 15) is 13.7 Å². The third kappa shape index (κ3) is 4.87. The number of aromatic nitrogens is 3. The second kappa shape index (κ2) is 9.58. The number of halogens is 2. The molecule has 4 atom stereocenters. The zero-order valence-electron chi connectivity index (χ0n) is 20.4. The summed E-state index contributed by atoms with van der Waals surface area (Å²) in [5.74, 6) is -0.458. The fraction of sp³-hybridized carbons (Fsp3) is 0.308. The molecule has 0 saturated carbocycles. The number of ether oxygens (including phenoxy) is 3. The second-order valence-electron chi connectivity index (χ2n) is 9.57. The molecular weight excluding hydrogens is 535 g/mol. The van der Waals surface area contributed by atoms with Crippen molar-refractivity contribution in [1.82, 2.24) is 15.0 Å². The summed E-state index contributed by atoms with van der Waals surface area (Å²) in [7, 11) is -2.38. The first-order valence-electron chi connectivity index (χ1n) is 11.9. The number of nitrogens with one attached hydrogen (secondary N) is 1. The lowest BCUT2D eigenvalue weighted by Crippen LogP contribution is -2.34. The normalized spacial score (nSPS) is 23.1. The van der Waals surface area contributed by atoms with Gasteiger partial charge in [0.25, 0.3) is 6.01 Å². The molecule has 198 valence electrons. The van der Waals surface area contributed by atoms with E-state index in [0.29, 0.717) is 38.7 Å². The molecular formula is C26H24ClFN4O5S. The summed E-state index contributed by atoms with van der Waals surface area (Å²) in [6.45, 7) is 0.494. The Kier molecular flexibility index (Phi) is 6.36. The van der Waals surface area contributed by atoms with E-state index in [-0.39, 0.29) is 25.3 Å². The zero-order valence-corrected chi connectivity index (χ0v) is 22.0. The molecule has 4 aromatic rings. The van der Waals surface area contributed by atoms with E-state index >= 15 is 0 Å². The van der Waals surface area contributed by atoms with Gasteiger partial charge in [0.15, 0.2) is 11.8 Å². The summed E-state index contributed by atoms with van der Waals surface area (Å²) in [5.41, 5.74) is 3.66. The minimum atomic E-state index is -2.38. The predicted octanol–water partition coefficient (Wildman–Crippen LogP) is 4.35. The van der Waals surface area contributed by atoms with Gasteiger partial charge in [-0.2, -0.15) is 9.35 Å². The van der Waals surface area contributed by atoms with Crippen LogP contribution in [0.2, 0.25) is 5.02 Å². The molecule has 0 spiro atoms. The van der Waals surface area contributed by atoms with E-state index in [1.807, 2.05) is 0 Å². The highest BCUT2D eigenvalue weighted by Gasteiger charge is 2.48. The van der Waals surface area contributed by atoms with Crippen LogP contribution in [0.15, 0.2) is 52.9 Å². The number of aromatic amines is 1. The van der Waals surface area contributed by atoms with Crippen LogP contribution in [0.4, 0.5) is 10.1 Å². The van der Waals surface area contributed by atoms with Gasteiger partial charge >= 0.3 is 0 Å². The second-order valence-corrected chi connectivity index (χ2v) is 12.5.